The molecule has 0 bridgehead atoms. The van der Waals surface area contributed by atoms with Crippen molar-refractivity contribution in [3.05, 3.63) is 40.6 Å². The van der Waals surface area contributed by atoms with E-state index in [1.165, 1.54) is 22.1 Å². The molecule has 0 spiro atoms. The molecule has 2 aromatic rings. The lowest BCUT2D eigenvalue weighted by Crippen LogP contribution is -2.30. The lowest BCUT2D eigenvalue weighted by atomic mass is 9.84. The predicted octanol–water partition coefficient (Wildman–Crippen LogP) is 4.34. The van der Waals surface area contributed by atoms with Gasteiger partial charge in [-0.3, -0.25) is 4.98 Å². The molecule has 0 aliphatic rings. The van der Waals surface area contributed by atoms with Crippen LogP contribution in [0.4, 0.5) is 0 Å². The summed E-state index contributed by atoms with van der Waals surface area (Å²) in [5.41, 5.74) is 11.9. The van der Waals surface area contributed by atoms with Crippen LogP contribution in [0.5, 0.6) is 0 Å². The Bertz CT molecular complexity index is 656. The minimum Gasteiger partial charge on any atom is -0.322 e. The molecular weight excluding hydrogens is 244 g/mol. The van der Waals surface area contributed by atoms with Gasteiger partial charge in [0.15, 0.2) is 0 Å². The Morgan fingerprint density at radius 1 is 0.950 bits per heavy atom. The van der Waals surface area contributed by atoms with E-state index >= 15 is 0 Å². The fraction of sp³-hybridized carbons (Fsp3) is 0.500. The second kappa shape index (κ2) is 4.56. The first-order chi connectivity index (χ1) is 9.00. The van der Waals surface area contributed by atoms with E-state index in [2.05, 4.69) is 66.7 Å². The number of rotatable bonds is 1. The standard InChI is InChI=1S/C18H26N2/c1-11-8-12(2)16-13(9-11)14(18(6,7)19)10-15(20-16)17(3,4)5/h8-10H,19H2,1-7H3. The minimum atomic E-state index is -0.374. The molecule has 0 aliphatic heterocycles. The summed E-state index contributed by atoms with van der Waals surface area (Å²) in [6.45, 7) is 14.9. The average molecular weight is 270 g/mol. The molecule has 0 saturated heterocycles. The Morgan fingerprint density at radius 3 is 2.05 bits per heavy atom. The number of hydrogen-bond donors (Lipinski definition) is 1. The first-order valence-electron chi connectivity index (χ1n) is 7.22. The average Bonchev–Trinajstić information content (AvgIpc) is 2.24. The van der Waals surface area contributed by atoms with Crippen molar-refractivity contribution in [1.29, 1.82) is 0 Å². The summed E-state index contributed by atoms with van der Waals surface area (Å²) in [6, 6.07) is 6.57. The van der Waals surface area contributed by atoms with Crippen molar-refractivity contribution in [2.24, 2.45) is 5.73 Å². The second-order valence-electron chi connectivity index (χ2n) is 7.50. The normalized spacial score (nSPS) is 13.0. The smallest absolute Gasteiger partial charge is 0.0738 e. The van der Waals surface area contributed by atoms with E-state index in [0.717, 1.165) is 11.2 Å². The van der Waals surface area contributed by atoms with Gasteiger partial charge in [0.2, 0.25) is 0 Å². The van der Waals surface area contributed by atoms with Gasteiger partial charge in [-0.05, 0) is 51.0 Å². The molecule has 0 saturated carbocycles. The summed E-state index contributed by atoms with van der Waals surface area (Å²) in [7, 11) is 0. The summed E-state index contributed by atoms with van der Waals surface area (Å²) in [6.07, 6.45) is 0. The summed E-state index contributed by atoms with van der Waals surface area (Å²) in [5.74, 6) is 0. The van der Waals surface area contributed by atoms with Gasteiger partial charge in [0.05, 0.1) is 5.52 Å². The Hall–Kier alpha value is -1.41. The zero-order valence-corrected chi connectivity index (χ0v) is 13.8. The van der Waals surface area contributed by atoms with Crippen molar-refractivity contribution in [2.45, 2.75) is 59.4 Å². The van der Waals surface area contributed by atoms with E-state index in [1.807, 2.05) is 0 Å². The highest BCUT2D eigenvalue weighted by molar-refractivity contribution is 5.87. The molecule has 0 amide bonds. The maximum atomic E-state index is 6.41. The van der Waals surface area contributed by atoms with Crippen LogP contribution in [0, 0.1) is 13.8 Å². The van der Waals surface area contributed by atoms with Gasteiger partial charge in [0.25, 0.3) is 0 Å². The molecule has 2 rings (SSSR count). The number of aromatic nitrogens is 1. The highest BCUT2D eigenvalue weighted by atomic mass is 14.8. The fourth-order valence-electron chi connectivity index (χ4n) is 2.60. The maximum Gasteiger partial charge on any atom is 0.0738 e. The van der Waals surface area contributed by atoms with Gasteiger partial charge in [0, 0.05) is 22.0 Å². The molecule has 1 aromatic heterocycles. The van der Waals surface area contributed by atoms with Gasteiger partial charge in [-0.1, -0.05) is 32.4 Å². The van der Waals surface area contributed by atoms with E-state index in [0.29, 0.717) is 0 Å². The highest BCUT2D eigenvalue weighted by Gasteiger charge is 2.24. The Balaban J connectivity index is 2.93. The van der Waals surface area contributed by atoms with Crippen molar-refractivity contribution in [3.63, 3.8) is 0 Å². The number of pyridine rings is 1. The van der Waals surface area contributed by atoms with Crippen LogP contribution in [-0.4, -0.2) is 4.98 Å². The number of fused-ring (bicyclic) bond motifs is 1. The molecule has 108 valence electrons. The van der Waals surface area contributed by atoms with Crippen LogP contribution in [0.1, 0.15) is 57.0 Å². The van der Waals surface area contributed by atoms with E-state index in [9.17, 15) is 0 Å². The second-order valence-corrected chi connectivity index (χ2v) is 7.50. The molecule has 2 nitrogen and oxygen atoms in total. The Labute approximate surface area is 122 Å². The van der Waals surface area contributed by atoms with Crippen molar-refractivity contribution in [2.75, 3.05) is 0 Å². The fourth-order valence-corrected chi connectivity index (χ4v) is 2.60. The van der Waals surface area contributed by atoms with E-state index in [1.54, 1.807) is 0 Å². The van der Waals surface area contributed by atoms with Crippen LogP contribution in [0.2, 0.25) is 0 Å². The van der Waals surface area contributed by atoms with Crippen molar-refractivity contribution in [3.8, 4) is 0 Å². The molecule has 20 heavy (non-hydrogen) atoms. The van der Waals surface area contributed by atoms with E-state index in [4.69, 9.17) is 10.7 Å². The number of aryl methyl sites for hydroxylation is 2. The first kappa shape index (κ1) is 15.0. The summed E-state index contributed by atoms with van der Waals surface area (Å²) < 4.78 is 0. The van der Waals surface area contributed by atoms with E-state index < -0.39 is 0 Å². The third-order valence-corrected chi connectivity index (χ3v) is 3.71. The van der Waals surface area contributed by atoms with Crippen LogP contribution in [0.3, 0.4) is 0 Å². The summed E-state index contributed by atoms with van der Waals surface area (Å²) in [4.78, 5) is 4.91. The molecule has 0 radical (unpaired) electrons. The summed E-state index contributed by atoms with van der Waals surface area (Å²) >= 11 is 0. The van der Waals surface area contributed by atoms with Crippen LogP contribution in [0.15, 0.2) is 18.2 Å². The first-order valence-corrected chi connectivity index (χ1v) is 7.22. The topological polar surface area (TPSA) is 38.9 Å². The van der Waals surface area contributed by atoms with Crippen molar-refractivity contribution >= 4 is 10.9 Å². The SMILES string of the molecule is Cc1cc(C)c2nc(C(C)(C)C)cc(C(C)(C)N)c2c1. The highest BCUT2D eigenvalue weighted by Crippen LogP contribution is 2.32. The summed E-state index contributed by atoms with van der Waals surface area (Å²) in [5, 5.41) is 1.18. The van der Waals surface area contributed by atoms with E-state index in [-0.39, 0.29) is 11.0 Å². The lowest BCUT2D eigenvalue weighted by Gasteiger charge is -2.26. The zero-order valence-electron chi connectivity index (χ0n) is 13.8. The quantitative estimate of drug-likeness (QED) is 0.837. The molecular formula is C18H26N2. The third kappa shape index (κ3) is 2.71. The van der Waals surface area contributed by atoms with Gasteiger partial charge >= 0.3 is 0 Å². The molecule has 2 N–H and O–H groups in total. The van der Waals surface area contributed by atoms with Crippen LogP contribution >= 0.6 is 0 Å². The number of nitrogens with two attached hydrogens (primary N) is 1. The van der Waals surface area contributed by atoms with Crippen molar-refractivity contribution < 1.29 is 0 Å². The number of benzene rings is 1. The maximum absolute atomic E-state index is 6.41. The molecule has 1 aromatic carbocycles. The molecule has 0 aliphatic carbocycles. The molecule has 2 heteroatoms. The molecule has 0 unspecified atom stereocenters. The van der Waals surface area contributed by atoms with Gasteiger partial charge in [-0.2, -0.15) is 0 Å². The molecule has 0 fully saturated rings. The largest absolute Gasteiger partial charge is 0.322 e. The van der Waals surface area contributed by atoms with Gasteiger partial charge in [-0.15, -0.1) is 0 Å². The van der Waals surface area contributed by atoms with Gasteiger partial charge in [-0.25, -0.2) is 0 Å². The minimum absolute atomic E-state index is 0.0194. The molecule has 1 heterocycles. The monoisotopic (exact) mass is 270 g/mol. The van der Waals surface area contributed by atoms with Crippen LogP contribution < -0.4 is 5.73 Å². The Kier molecular flexibility index (Phi) is 3.42. The van der Waals surface area contributed by atoms with Gasteiger partial charge in [0.1, 0.15) is 0 Å². The zero-order chi connectivity index (χ0) is 15.3. The predicted molar refractivity (Wildman–Crippen MR) is 87.1 cm³/mol. The number of nitrogens with zero attached hydrogens (tertiary/aromatic N) is 1. The van der Waals surface area contributed by atoms with Crippen LogP contribution in [0.25, 0.3) is 10.9 Å². The van der Waals surface area contributed by atoms with Gasteiger partial charge < -0.3 is 5.73 Å². The van der Waals surface area contributed by atoms with Crippen molar-refractivity contribution in [1.82, 2.24) is 4.98 Å². The number of hydrogen-bond acceptors (Lipinski definition) is 2. The molecule has 0 atom stereocenters. The third-order valence-electron chi connectivity index (χ3n) is 3.71. The Morgan fingerprint density at radius 2 is 1.55 bits per heavy atom. The van der Waals surface area contributed by atoms with Crippen LogP contribution in [-0.2, 0) is 11.0 Å². The lowest BCUT2D eigenvalue weighted by molar-refractivity contribution is 0.542.